The molecule has 0 spiro atoms. The number of aryl methyl sites for hydroxylation is 3. The van der Waals surface area contributed by atoms with E-state index in [9.17, 15) is 4.79 Å². The van der Waals surface area contributed by atoms with Crippen LogP contribution >= 0.6 is 0 Å². The van der Waals surface area contributed by atoms with Gasteiger partial charge in [0.05, 0.1) is 6.04 Å². The zero-order chi connectivity index (χ0) is 15.4. The van der Waals surface area contributed by atoms with Crippen molar-refractivity contribution in [2.24, 2.45) is 5.92 Å². The molecule has 2 rings (SSSR count). The number of piperidine rings is 1. The van der Waals surface area contributed by atoms with Crippen molar-refractivity contribution in [1.29, 1.82) is 0 Å². The zero-order valence-corrected chi connectivity index (χ0v) is 13.8. The number of carbonyl (C=O) groups is 1. The van der Waals surface area contributed by atoms with Crippen LogP contribution in [0.25, 0.3) is 0 Å². The van der Waals surface area contributed by atoms with E-state index in [0.29, 0.717) is 12.5 Å². The van der Waals surface area contributed by atoms with Gasteiger partial charge in [-0.25, -0.2) is 0 Å². The highest BCUT2D eigenvalue weighted by Gasteiger charge is 2.27. The first-order valence-corrected chi connectivity index (χ1v) is 8.09. The molecule has 0 radical (unpaired) electrons. The summed E-state index contributed by atoms with van der Waals surface area (Å²) in [6.07, 6.45) is 3.19. The standard InChI is InChI=1S/C18H28N2O/c1-5-19-18(21)17-11-15(6-7-20-17)10-16-13(3)8-12(2)9-14(16)4/h8-9,15,17,20H,5-7,10-11H2,1-4H3,(H,19,21). The highest BCUT2D eigenvalue weighted by Crippen LogP contribution is 2.25. The van der Waals surface area contributed by atoms with E-state index in [0.717, 1.165) is 25.8 Å². The Kier molecular flexibility index (Phi) is 5.40. The van der Waals surface area contributed by atoms with Crippen molar-refractivity contribution in [3.63, 3.8) is 0 Å². The Morgan fingerprint density at radius 2 is 1.95 bits per heavy atom. The lowest BCUT2D eigenvalue weighted by molar-refractivity contribution is -0.123. The molecule has 0 bridgehead atoms. The third-order valence-corrected chi connectivity index (χ3v) is 4.51. The molecule has 0 aromatic heterocycles. The van der Waals surface area contributed by atoms with Crippen molar-refractivity contribution in [2.45, 2.75) is 53.0 Å². The number of benzene rings is 1. The predicted molar refractivity (Wildman–Crippen MR) is 87.6 cm³/mol. The summed E-state index contributed by atoms with van der Waals surface area (Å²) >= 11 is 0. The summed E-state index contributed by atoms with van der Waals surface area (Å²) < 4.78 is 0. The quantitative estimate of drug-likeness (QED) is 0.894. The molecule has 1 amide bonds. The summed E-state index contributed by atoms with van der Waals surface area (Å²) in [6, 6.07) is 4.52. The van der Waals surface area contributed by atoms with Gasteiger partial charge in [0.2, 0.25) is 5.91 Å². The second kappa shape index (κ2) is 7.08. The van der Waals surface area contributed by atoms with Crippen LogP contribution in [0.5, 0.6) is 0 Å². The van der Waals surface area contributed by atoms with E-state index in [4.69, 9.17) is 0 Å². The number of rotatable bonds is 4. The summed E-state index contributed by atoms with van der Waals surface area (Å²) in [5.41, 5.74) is 5.59. The molecule has 3 nitrogen and oxygen atoms in total. The third kappa shape index (κ3) is 4.07. The number of carbonyl (C=O) groups excluding carboxylic acids is 1. The molecule has 116 valence electrons. The lowest BCUT2D eigenvalue weighted by Gasteiger charge is -2.30. The summed E-state index contributed by atoms with van der Waals surface area (Å²) in [6.45, 7) is 10.2. The Labute approximate surface area is 128 Å². The molecule has 1 heterocycles. The van der Waals surface area contributed by atoms with Gasteiger partial charge in [0.15, 0.2) is 0 Å². The fourth-order valence-electron chi connectivity index (χ4n) is 3.50. The lowest BCUT2D eigenvalue weighted by atomic mass is 9.84. The molecular weight excluding hydrogens is 260 g/mol. The van der Waals surface area contributed by atoms with Crippen molar-refractivity contribution in [1.82, 2.24) is 10.6 Å². The maximum atomic E-state index is 12.0. The minimum atomic E-state index is -0.0187. The number of hydrogen-bond donors (Lipinski definition) is 2. The van der Waals surface area contributed by atoms with E-state index < -0.39 is 0 Å². The predicted octanol–water partition coefficient (Wildman–Crippen LogP) is 2.66. The van der Waals surface area contributed by atoms with Crippen LogP contribution in [-0.4, -0.2) is 25.0 Å². The van der Waals surface area contributed by atoms with Gasteiger partial charge in [-0.3, -0.25) is 4.79 Å². The first-order valence-electron chi connectivity index (χ1n) is 8.09. The number of hydrogen-bond acceptors (Lipinski definition) is 2. The van der Waals surface area contributed by atoms with Crippen LogP contribution in [0.1, 0.15) is 42.0 Å². The first kappa shape index (κ1) is 16.0. The fraction of sp³-hybridized carbons (Fsp3) is 0.611. The van der Waals surface area contributed by atoms with Crippen LogP contribution in [0, 0.1) is 26.7 Å². The van der Waals surface area contributed by atoms with Crippen LogP contribution in [-0.2, 0) is 11.2 Å². The molecule has 1 fully saturated rings. The maximum absolute atomic E-state index is 12.0. The van der Waals surface area contributed by atoms with Gasteiger partial charge in [0.25, 0.3) is 0 Å². The van der Waals surface area contributed by atoms with Crippen LogP contribution in [0.2, 0.25) is 0 Å². The van der Waals surface area contributed by atoms with Crippen LogP contribution in [0.3, 0.4) is 0 Å². The Bertz CT molecular complexity index is 487. The summed E-state index contributed by atoms with van der Waals surface area (Å²) in [5, 5.41) is 6.27. The van der Waals surface area contributed by atoms with Gasteiger partial charge in [-0.15, -0.1) is 0 Å². The van der Waals surface area contributed by atoms with Crippen molar-refractivity contribution in [3.8, 4) is 0 Å². The van der Waals surface area contributed by atoms with Gasteiger partial charge in [-0.2, -0.15) is 0 Å². The average Bonchev–Trinajstić information content (AvgIpc) is 2.43. The number of nitrogens with one attached hydrogen (secondary N) is 2. The van der Waals surface area contributed by atoms with Gasteiger partial charge in [0, 0.05) is 6.54 Å². The van der Waals surface area contributed by atoms with E-state index >= 15 is 0 Å². The highest BCUT2D eigenvalue weighted by atomic mass is 16.2. The van der Waals surface area contributed by atoms with Crippen LogP contribution in [0.4, 0.5) is 0 Å². The van der Waals surface area contributed by atoms with E-state index in [1.807, 2.05) is 6.92 Å². The Balaban J connectivity index is 2.04. The zero-order valence-electron chi connectivity index (χ0n) is 13.8. The van der Waals surface area contributed by atoms with Gasteiger partial charge >= 0.3 is 0 Å². The van der Waals surface area contributed by atoms with Crippen LogP contribution in [0.15, 0.2) is 12.1 Å². The fourth-order valence-corrected chi connectivity index (χ4v) is 3.50. The molecule has 2 unspecified atom stereocenters. The summed E-state index contributed by atoms with van der Waals surface area (Å²) in [5.74, 6) is 0.749. The summed E-state index contributed by atoms with van der Waals surface area (Å²) in [7, 11) is 0. The minimum Gasteiger partial charge on any atom is -0.355 e. The van der Waals surface area contributed by atoms with Gasteiger partial charge in [-0.1, -0.05) is 17.7 Å². The number of amides is 1. The van der Waals surface area contributed by atoms with Crippen molar-refractivity contribution in [3.05, 3.63) is 34.4 Å². The molecule has 0 saturated carbocycles. The van der Waals surface area contributed by atoms with E-state index in [-0.39, 0.29) is 11.9 Å². The molecule has 1 aromatic rings. The second-order valence-electron chi connectivity index (χ2n) is 6.37. The molecule has 1 aromatic carbocycles. The molecule has 1 saturated heterocycles. The van der Waals surface area contributed by atoms with Crippen molar-refractivity contribution in [2.75, 3.05) is 13.1 Å². The molecule has 2 N–H and O–H groups in total. The number of likely N-dealkylation sites (N-methyl/N-ethyl adjacent to an activating group) is 1. The average molecular weight is 288 g/mol. The van der Waals surface area contributed by atoms with Crippen molar-refractivity contribution < 1.29 is 4.79 Å². The molecular formula is C18H28N2O. The SMILES string of the molecule is CCNC(=O)C1CC(Cc2c(C)cc(C)cc2C)CCN1. The van der Waals surface area contributed by atoms with Gasteiger partial charge in [-0.05, 0) is 76.1 Å². The molecule has 3 heteroatoms. The third-order valence-electron chi connectivity index (χ3n) is 4.51. The van der Waals surface area contributed by atoms with Gasteiger partial charge < -0.3 is 10.6 Å². The Morgan fingerprint density at radius 3 is 2.57 bits per heavy atom. The van der Waals surface area contributed by atoms with Crippen LogP contribution < -0.4 is 10.6 Å². The van der Waals surface area contributed by atoms with Crippen molar-refractivity contribution >= 4 is 5.91 Å². The largest absolute Gasteiger partial charge is 0.355 e. The minimum absolute atomic E-state index is 0.0187. The summed E-state index contributed by atoms with van der Waals surface area (Å²) in [4.78, 5) is 12.0. The Hall–Kier alpha value is -1.35. The smallest absolute Gasteiger partial charge is 0.237 e. The van der Waals surface area contributed by atoms with E-state index in [1.165, 1.54) is 22.3 Å². The second-order valence-corrected chi connectivity index (χ2v) is 6.37. The maximum Gasteiger partial charge on any atom is 0.237 e. The lowest BCUT2D eigenvalue weighted by Crippen LogP contribution is -2.49. The molecule has 21 heavy (non-hydrogen) atoms. The molecule has 0 aliphatic carbocycles. The topological polar surface area (TPSA) is 41.1 Å². The first-order chi connectivity index (χ1) is 10.0. The monoisotopic (exact) mass is 288 g/mol. The normalized spacial score (nSPS) is 22.1. The molecule has 1 aliphatic rings. The Morgan fingerprint density at radius 1 is 1.29 bits per heavy atom. The van der Waals surface area contributed by atoms with E-state index in [2.05, 4.69) is 43.5 Å². The van der Waals surface area contributed by atoms with Gasteiger partial charge in [0.1, 0.15) is 0 Å². The van der Waals surface area contributed by atoms with E-state index in [1.54, 1.807) is 0 Å². The molecule has 2 atom stereocenters. The molecule has 1 aliphatic heterocycles. The highest BCUT2D eigenvalue weighted by molar-refractivity contribution is 5.81.